The molecule has 0 spiro atoms. The van der Waals surface area contributed by atoms with Crippen LogP contribution in [-0.4, -0.2) is 102 Å². The minimum atomic E-state index is -1.46. The summed E-state index contributed by atoms with van der Waals surface area (Å²) in [6.45, 7) is 6.59. The van der Waals surface area contributed by atoms with Gasteiger partial charge in [-0.05, 0) is 45.4 Å². The Morgan fingerprint density at radius 3 is 2.05 bits per heavy atom. The number of phenolic OH excluding ortho intramolecular Hbond substituents is 1. The molecule has 0 saturated heterocycles. The van der Waals surface area contributed by atoms with Crippen molar-refractivity contribution in [2.75, 3.05) is 27.9 Å². The molecule has 2 aromatic rings. The van der Waals surface area contributed by atoms with Crippen LogP contribution in [0.3, 0.4) is 0 Å². The number of phenols is 1. The largest absolute Gasteiger partial charge is 0.508 e. The molecule has 12 heteroatoms. The van der Waals surface area contributed by atoms with Gasteiger partial charge >= 0.3 is 0 Å². The van der Waals surface area contributed by atoms with Crippen molar-refractivity contribution in [3.63, 3.8) is 0 Å². The van der Waals surface area contributed by atoms with Crippen molar-refractivity contribution in [1.82, 2.24) is 0 Å². The molecule has 8 unspecified atom stereocenters. The third-order valence-electron chi connectivity index (χ3n) is 6.68. The Kier molecular flexibility index (Phi) is 13.9. The van der Waals surface area contributed by atoms with E-state index < -0.39 is 42.9 Å². The molecule has 42 heavy (non-hydrogen) atoms. The normalized spacial score (nSPS) is 19.5. The lowest BCUT2D eigenvalue weighted by molar-refractivity contribution is -0.204. The van der Waals surface area contributed by atoms with Crippen molar-refractivity contribution in [3.8, 4) is 23.0 Å². The maximum atomic E-state index is 13.1. The van der Waals surface area contributed by atoms with Crippen molar-refractivity contribution < 1.29 is 58.7 Å². The first-order valence-corrected chi connectivity index (χ1v) is 13.6. The van der Waals surface area contributed by atoms with E-state index in [9.17, 15) is 25.2 Å². The molecule has 0 saturated carbocycles. The van der Waals surface area contributed by atoms with Gasteiger partial charge in [0.2, 0.25) is 6.29 Å². The Morgan fingerprint density at radius 2 is 1.57 bits per heavy atom. The Morgan fingerprint density at radius 1 is 0.929 bits per heavy atom. The van der Waals surface area contributed by atoms with Crippen LogP contribution >= 0.6 is 0 Å². The number of rotatable bonds is 13. The van der Waals surface area contributed by atoms with E-state index in [1.165, 1.54) is 39.2 Å². The van der Waals surface area contributed by atoms with Crippen LogP contribution in [0.15, 0.2) is 36.4 Å². The second-order valence-corrected chi connectivity index (χ2v) is 10.1. The molecule has 2 aromatic carbocycles. The van der Waals surface area contributed by atoms with Crippen LogP contribution in [0.1, 0.15) is 56.1 Å². The van der Waals surface area contributed by atoms with E-state index in [1.54, 1.807) is 46.3 Å². The average molecular weight is 597 g/mol. The number of fused-ring (bicyclic) bond motifs is 1. The summed E-state index contributed by atoms with van der Waals surface area (Å²) in [5.41, 5.74) is 0.871. The third kappa shape index (κ3) is 9.80. The maximum absolute atomic E-state index is 13.1. The predicted molar refractivity (Wildman–Crippen MR) is 152 cm³/mol. The van der Waals surface area contributed by atoms with E-state index in [0.29, 0.717) is 17.9 Å². The SMILES string of the molecule is COCC(OC)C(C)O.COc1cc2c(c(OC(OC(C)C(C)O)C(O)C(C)O)c1)C(=O)CC(c1ccc(O)cc1)O2. The Hall–Kier alpha value is -2.97. The number of Topliss-reactive ketones (excluding diaryl/α,β-unsaturated/α-hetero) is 1. The van der Waals surface area contributed by atoms with Crippen molar-refractivity contribution in [1.29, 1.82) is 0 Å². The molecule has 0 bridgehead atoms. The van der Waals surface area contributed by atoms with Crippen molar-refractivity contribution in [3.05, 3.63) is 47.5 Å². The number of ketones is 1. The van der Waals surface area contributed by atoms with E-state index in [2.05, 4.69) is 0 Å². The average Bonchev–Trinajstić information content (AvgIpc) is 2.94. The molecule has 0 aliphatic carbocycles. The number of aliphatic hydroxyl groups excluding tert-OH is 4. The number of hydrogen-bond acceptors (Lipinski definition) is 12. The summed E-state index contributed by atoms with van der Waals surface area (Å²) in [6.07, 6.45) is -6.85. The fraction of sp³-hybridized carbons (Fsp3) is 0.567. The minimum absolute atomic E-state index is 0.0228. The molecule has 0 radical (unpaired) electrons. The van der Waals surface area contributed by atoms with Crippen molar-refractivity contribution in [2.45, 2.75) is 83.1 Å². The van der Waals surface area contributed by atoms with Gasteiger partial charge < -0.3 is 54.0 Å². The molecule has 5 N–H and O–H groups in total. The highest BCUT2D eigenvalue weighted by Crippen LogP contribution is 2.43. The van der Waals surface area contributed by atoms with Crippen LogP contribution in [0, 0.1) is 0 Å². The van der Waals surface area contributed by atoms with E-state index in [1.807, 2.05) is 0 Å². The van der Waals surface area contributed by atoms with Gasteiger partial charge in [-0.3, -0.25) is 4.79 Å². The fourth-order valence-electron chi connectivity index (χ4n) is 3.91. The minimum Gasteiger partial charge on any atom is -0.508 e. The molecule has 1 heterocycles. The smallest absolute Gasteiger partial charge is 0.229 e. The molecule has 1 aliphatic heterocycles. The van der Waals surface area contributed by atoms with Crippen LogP contribution in [0.5, 0.6) is 23.0 Å². The highest BCUT2D eigenvalue weighted by atomic mass is 16.7. The van der Waals surface area contributed by atoms with Gasteiger partial charge in [0.05, 0.1) is 44.6 Å². The van der Waals surface area contributed by atoms with Gasteiger partial charge in [-0.1, -0.05) is 12.1 Å². The highest BCUT2D eigenvalue weighted by molar-refractivity contribution is 6.02. The summed E-state index contributed by atoms with van der Waals surface area (Å²) in [7, 11) is 4.58. The number of aromatic hydroxyl groups is 1. The quantitative estimate of drug-likeness (QED) is 0.214. The van der Waals surface area contributed by atoms with Gasteiger partial charge in [-0.2, -0.15) is 0 Å². The number of methoxy groups -OCH3 is 3. The number of carbonyl (C=O) groups excluding carboxylic acids is 1. The lowest BCUT2D eigenvalue weighted by Gasteiger charge is -2.32. The van der Waals surface area contributed by atoms with E-state index in [4.69, 9.17) is 33.5 Å². The van der Waals surface area contributed by atoms with Crippen molar-refractivity contribution >= 4 is 5.78 Å². The summed E-state index contributed by atoms with van der Waals surface area (Å²) in [5.74, 6) is 0.471. The van der Waals surface area contributed by atoms with Gasteiger partial charge in [-0.15, -0.1) is 0 Å². The molecule has 3 rings (SSSR count). The standard InChI is InChI=1S/C24H30O9.C6H14O3/c1-12(25)14(3)31-24(23(29)13(2)26)33-21-10-17(30-4)9-20-22(21)18(28)11-19(32-20)15-5-7-16(27)8-6-15;1-5(7)6(9-3)4-8-2/h5-10,12-14,19,23-27,29H,11H2,1-4H3;5-7H,4H2,1-3H3. The van der Waals surface area contributed by atoms with Crippen LogP contribution in [-0.2, 0) is 14.2 Å². The van der Waals surface area contributed by atoms with E-state index in [-0.39, 0.29) is 41.1 Å². The van der Waals surface area contributed by atoms with Gasteiger partial charge in [0.1, 0.15) is 46.9 Å². The first kappa shape index (κ1) is 35.2. The van der Waals surface area contributed by atoms with Gasteiger partial charge in [-0.25, -0.2) is 0 Å². The molecule has 12 nitrogen and oxygen atoms in total. The Labute approximate surface area is 246 Å². The van der Waals surface area contributed by atoms with Gasteiger partial charge in [0, 0.05) is 26.4 Å². The number of carbonyl (C=O) groups is 1. The molecule has 0 fully saturated rings. The lowest BCUT2D eigenvalue weighted by Crippen LogP contribution is -2.45. The number of aliphatic hydroxyl groups is 4. The topological polar surface area (TPSA) is 174 Å². The zero-order valence-electron chi connectivity index (χ0n) is 25.1. The van der Waals surface area contributed by atoms with Crippen LogP contribution in [0.4, 0.5) is 0 Å². The fourth-order valence-corrected chi connectivity index (χ4v) is 3.91. The molecule has 0 aromatic heterocycles. The number of benzene rings is 2. The van der Waals surface area contributed by atoms with E-state index >= 15 is 0 Å². The van der Waals surface area contributed by atoms with E-state index in [0.717, 1.165) is 0 Å². The Bertz CT molecular complexity index is 1100. The number of hydrogen-bond donors (Lipinski definition) is 5. The van der Waals surface area contributed by atoms with Crippen LogP contribution in [0.2, 0.25) is 0 Å². The Balaban J connectivity index is 0.000000592. The molecular weight excluding hydrogens is 552 g/mol. The van der Waals surface area contributed by atoms with Gasteiger partial charge in [0.25, 0.3) is 0 Å². The summed E-state index contributed by atoms with van der Waals surface area (Å²) < 4.78 is 32.5. The summed E-state index contributed by atoms with van der Waals surface area (Å²) in [6, 6.07) is 9.42. The molecule has 8 atom stereocenters. The summed E-state index contributed by atoms with van der Waals surface area (Å²) >= 11 is 0. The highest BCUT2D eigenvalue weighted by Gasteiger charge is 2.35. The first-order valence-electron chi connectivity index (χ1n) is 13.6. The molecular formula is C30H44O12. The summed E-state index contributed by atoms with van der Waals surface area (Å²) in [5, 5.41) is 48.6. The van der Waals surface area contributed by atoms with Crippen LogP contribution in [0.25, 0.3) is 0 Å². The van der Waals surface area contributed by atoms with Gasteiger partial charge in [0.15, 0.2) is 5.78 Å². The van der Waals surface area contributed by atoms with Crippen molar-refractivity contribution in [2.24, 2.45) is 0 Å². The zero-order chi connectivity index (χ0) is 31.6. The summed E-state index contributed by atoms with van der Waals surface area (Å²) in [4.78, 5) is 13.1. The predicted octanol–water partition coefficient (Wildman–Crippen LogP) is 2.37. The molecule has 0 amide bonds. The molecule has 236 valence electrons. The second-order valence-electron chi connectivity index (χ2n) is 10.1. The molecule has 1 aliphatic rings. The van der Waals surface area contributed by atoms with Crippen LogP contribution < -0.4 is 14.2 Å². The monoisotopic (exact) mass is 596 g/mol. The number of ether oxygens (including phenoxy) is 6. The zero-order valence-corrected chi connectivity index (χ0v) is 25.1. The third-order valence-corrected chi connectivity index (χ3v) is 6.68. The lowest BCUT2D eigenvalue weighted by atomic mass is 9.95. The maximum Gasteiger partial charge on any atom is 0.229 e. The first-order chi connectivity index (χ1) is 19.8. The second kappa shape index (κ2) is 16.6.